The number of esters is 2. The molecule has 24 heavy (non-hydrogen) atoms. The summed E-state index contributed by atoms with van der Waals surface area (Å²) in [4.78, 5) is 35.1. The second-order valence-electron chi connectivity index (χ2n) is 5.49. The molecule has 0 saturated carbocycles. The third kappa shape index (κ3) is 2.99. The van der Waals surface area contributed by atoms with E-state index in [4.69, 9.17) is 21.1 Å². The van der Waals surface area contributed by atoms with Crippen molar-refractivity contribution in [1.82, 2.24) is 0 Å². The van der Waals surface area contributed by atoms with Gasteiger partial charge in [0.15, 0.2) is 11.0 Å². The highest BCUT2D eigenvalue weighted by Crippen LogP contribution is 2.43. The molecule has 0 amide bonds. The lowest BCUT2D eigenvalue weighted by Crippen LogP contribution is -2.59. The van der Waals surface area contributed by atoms with E-state index in [1.54, 1.807) is 6.92 Å². The number of halogens is 1. The van der Waals surface area contributed by atoms with Crippen LogP contribution in [0.1, 0.15) is 19.4 Å². The van der Waals surface area contributed by atoms with Gasteiger partial charge in [0, 0.05) is 16.0 Å². The zero-order chi connectivity index (χ0) is 18.0. The standard InChI is InChI=1S/C16H16ClNO6/c1-3-23-14(20)16(10-18(21)22,11-4-6-12(17)7-5-11)15(2)9-8-13(19)24-15/h4-9H,3,10H2,1-2H3/t15-,16-/m1/s1. The lowest BCUT2D eigenvalue weighted by molar-refractivity contribution is -0.492. The molecule has 0 aliphatic carbocycles. The molecule has 0 radical (unpaired) electrons. The molecule has 1 aliphatic heterocycles. The molecule has 128 valence electrons. The van der Waals surface area contributed by atoms with Crippen molar-refractivity contribution in [3.8, 4) is 0 Å². The Morgan fingerprint density at radius 3 is 2.50 bits per heavy atom. The highest BCUT2D eigenvalue weighted by Gasteiger charge is 2.62. The van der Waals surface area contributed by atoms with Gasteiger partial charge in [-0.05, 0) is 37.6 Å². The van der Waals surface area contributed by atoms with E-state index in [1.807, 2.05) is 0 Å². The van der Waals surface area contributed by atoms with Crippen LogP contribution in [0.2, 0.25) is 5.02 Å². The van der Waals surface area contributed by atoms with E-state index >= 15 is 0 Å². The number of hydrogen-bond donors (Lipinski definition) is 0. The number of benzene rings is 1. The maximum atomic E-state index is 12.8. The molecule has 1 aliphatic rings. The van der Waals surface area contributed by atoms with Crippen molar-refractivity contribution in [2.45, 2.75) is 24.9 Å². The van der Waals surface area contributed by atoms with Gasteiger partial charge in [0.25, 0.3) is 0 Å². The van der Waals surface area contributed by atoms with E-state index in [2.05, 4.69) is 0 Å². The number of carbonyl (C=O) groups excluding carboxylic acids is 2. The smallest absolute Gasteiger partial charge is 0.331 e. The molecule has 1 aromatic carbocycles. The highest BCUT2D eigenvalue weighted by atomic mass is 35.5. The van der Waals surface area contributed by atoms with Crippen molar-refractivity contribution < 1.29 is 24.0 Å². The number of cyclic esters (lactones) is 1. The van der Waals surface area contributed by atoms with Crippen LogP contribution in [0.5, 0.6) is 0 Å². The first-order valence-corrected chi connectivity index (χ1v) is 7.60. The Bertz CT molecular complexity index is 701. The zero-order valence-electron chi connectivity index (χ0n) is 13.2. The minimum Gasteiger partial charge on any atom is -0.465 e. The lowest BCUT2D eigenvalue weighted by Gasteiger charge is -2.39. The lowest BCUT2D eigenvalue weighted by atomic mass is 9.67. The quantitative estimate of drug-likeness (QED) is 0.442. The van der Waals surface area contributed by atoms with Gasteiger partial charge >= 0.3 is 11.9 Å². The molecular formula is C16H16ClNO6. The van der Waals surface area contributed by atoms with E-state index in [1.165, 1.54) is 37.3 Å². The van der Waals surface area contributed by atoms with Crippen molar-refractivity contribution in [2.24, 2.45) is 0 Å². The van der Waals surface area contributed by atoms with Gasteiger partial charge in [-0.3, -0.25) is 14.9 Å². The van der Waals surface area contributed by atoms with E-state index in [0.717, 1.165) is 6.08 Å². The molecule has 2 atom stereocenters. The molecule has 1 heterocycles. The van der Waals surface area contributed by atoms with E-state index in [0.29, 0.717) is 5.02 Å². The molecule has 8 heteroatoms. The second-order valence-corrected chi connectivity index (χ2v) is 5.92. The fourth-order valence-corrected chi connectivity index (χ4v) is 2.96. The average molecular weight is 354 g/mol. The number of carbonyl (C=O) groups is 2. The van der Waals surface area contributed by atoms with Gasteiger partial charge in [-0.2, -0.15) is 0 Å². The molecule has 0 saturated heterocycles. The van der Waals surface area contributed by atoms with Gasteiger partial charge in [-0.25, -0.2) is 4.79 Å². The van der Waals surface area contributed by atoms with Gasteiger partial charge in [0.1, 0.15) is 0 Å². The molecule has 0 fully saturated rings. The van der Waals surface area contributed by atoms with E-state index < -0.39 is 34.4 Å². The van der Waals surface area contributed by atoms with Crippen LogP contribution in [0.25, 0.3) is 0 Å². The first-order valence-electron chi connectivity index (χ1n) is 7.22. The maximum Gasteiger partial charge on any atom is 0.331 e. The summed E-state index contributed by atoms with van der Waals surface area (Å²) in [6.07, 6.45) is 2.49. The van der Waals surface area contributed by atoms with Crippen LogP contribution in [0, 0.1) is 10.1 Å². The SMILES string of the molecule is CCOC(=O)[C@@](C[N+](=O)[O-])(c1ccc(Cl)cc1)[C@@]1(C)C=CC(=O)O1. The molecular weight excluding hydrogens is 338 g/mol. The second kappa shape index (κ2) is 6.60. The van der Waals surface area contributed by atoms with Crippen molar-refractivity contribution in [3.05, 3.63) is 57.1 Å². The summed E-state index contributed by atoms with van der Waals surface area (Å²) in [7, 11) is 0. The van der Waals surface area contributed by atoms with Crippen molar-refractivity contribution in [1.29, 1.82) is 0 Å². The summed E-state index contributed by atoms with van der Waals surface area (Å²) in [6.45, 7) is 2.26. The molecule has 0 aromatic heterocycles. The average Bonchev–Trinajstić information content (AvgIpc) is 2.86. The van der Waals surface area contributed by atoms with E-state index in [-0.39, 0.29) is 12.2 Å². The molecule has 0 bridgehead atoms. The van der Waals surface area contributed by atoms with E-state index in [9.17, 15) is 19.7 Å². The predicted molar refractivity (Wildman–Crippen MR) is 85.3 cm³/mol. The summed E-state index contributed by atoms with van der Waals surface area (Å²) < 4.78 is 10.4. The molecule has 0 unspecified atom stereocenters. The largest absolute Gasteiger partial charge is 0.465 e. The first kappa shape index (κ1) is 17.9. The zero-order valence-corrected chi connectivity index (χ0v) is 13.9. The van der Waals surface area contributed by atoms with Gasteiger partial charge < -0.3 is 9.47 Å². The maximum absolute atomic E-state index is 12.8. The summed E-state index contributed by atoms with van der Waals surface area (Å²) >= 11 is 5.88. The van der Waals surface area contributed by atoms with Crippen LogP contribution in [0.15, 0.2) is 36.4 Å². The van der Waals surface area contributed by atoms with Crippen molar-refractivity contribution in [3.63, 3.8) is 0 Å². The number of hydrogen-bond acceptors (Lipinski definition) is 6. The minimum absolute atomic E-state index is 0.0274. The van der Waals surface area contributed by atoms with Crippen LogP contribution in [-0.2, 0) is 24.5 Å². The summed E-state index contributed by atoms with van der Waals surface area (Å²) in [6, 6.07) is 6.01. The predicted octanol–water partition coefficient (Wildman–Crippen LogP) is 2.29. The Morgan fingerprint density at radius 1 is 1.42 bits per heavy atom. The molecule has 7 nitrogen and oxygen atoms in total. The normalized spacial score (nSPS) is 21.9. The number of nitro groups is 1. The van der Waals surface area contributed by atoms with Crippen molar-refractivity contribution >= 4 is 23.5 Å². The Labute approximate surface area is 143 Å². The van der Waals surface area contributed by atoms with Crippen LogP contribution < -0.4 is 0 Å². The molecule has 0 N–H and O–H groups in total. The first-order chi connectivity index (χ1) is 11.2. The van der Waals surface area contributed by atoms with Crippen molar-refractivity contribution in [2.75, 3.05) is 13.2 Å². The fraction of sp³-hybridized carbons (Fsp3) is 0.375. The van der Waals surface area contributed by atoms with Gasteiger partial charge in [-0.15, -0.1) is 0 Å². The van der Waals surface area contributed by atoms with Gasteiger partial charge in [0.2, 0.25) is 6.54 Å². The Hall–Kier alpha value is -2.41. The van der Waals surface area contributed by atoms with Gasteiger partial charge in [0.05, 0.1) is 6.61 Å². The third-order valence-corrected chi connectivity index (χ3v) is 4.28. The number of ether oxygens (including phenoxy) is 2. The Morgan fingerprint density at radius 2 is 2.04 bits per heavy atom. The Kier molecular flexibility index (Phi) is 4.94. The Balaban J connectivity index is 2.71. The molecule has 0 spiro atoms. The van der Waals surface area contributed by atoms with Crippen LogP contribution >= 0.6 is 11.6 Å². The van der Waals surface area contributed by atoms with Gasteiger partial charge in [-0.1, -0.05) is 23.7 Å². The number of rotatable bonds is 6. The molecule has 2 rings (SSSR count). The van der Waals surface area contributed by atoms with Crippen LogP contribution in [0.3, 0.4) is 0 Å². The summed E-state index contributed by atoms with van der Waals surface area (Å²) in [5.74, 6) is -1.52. The minimum atomic E-state index is -1.83. The fourth-order valence-electron chi connectivity index (χ4n) is 2.84. The topological polar surface area (TPSA) is 95.7 Å². The third-order valence-electron chi connectivity index (χ3n) is 4.02. The van der Waals surface area contributed by atoms with Crippen LogP contribution in [0.4, 0.5) is 0 Å². The monoisotopic (exact) mass is 353 g/mol. The highest BCUT2D eigenvalue weighted by molar-refractivity contribution is 6.30. The summed E-state index contributed by atoms with van der Waals surface area (Å²) in [5.41, 5.74) is -3.11. The van der Waals surface area contributed by atoms with Crippen LogP contribution in [-0.4, -0.2) is 35.6 Å². The molecule has 1 aromatic rings. The summed E-state index contributed by atoms with van der Waals surface area (Å²) in [5, 5.41) is 11.8. The number of nitrogens with zero attached hydrogens (tertiary/aromatic N) is 1.